The van der Waals surface area contributed by atoms with Crippen LogP contribution < -0.4 is 0 Å². The molecule has 72 valence electrons. The highest BCUT2D eigenvalue weighted by molar-refractivity contribution is 5.37. The Balaban J connectivity index is 2.46. The van der Waals surface area contributed by atoms with Crippen LogP contribution in [0.15, 0.2) is 18.2 Å². The predicted octanol–water partition coefficient (Wildman–Crippen LogP) is 3.08. The summed E-state index contributed by atoms with van der Waals surface area (Å²) in [6.07, 6.45) is 2.81. The second kappa shape index (κ2) is 3.09. The van der Waals surface area contributed by atoms with Crippen LogP contribution in [0.25, 0.3) is 0 Å². The van der Waals surface area contributed by atoms with Crippen molar-refractivity contribution >= 4 is 0 Å². The maximum absolute atomic E-state index is 13.1. The van der Waals surface area contributed by atoms with Gasteiger partial charge in [-0.3, -0.25) is 0 Å². The fourth-order valence-corrected chi connectivity index (χ4v) is 2.01. The lowest BCUT2D eigenvalue weighted by Crippen LogP contribution is -2.32. The van der Waals surface area contributed by atoms with Crippen molar-refractivity contribution in [2.24, 2.45) is 0 Å². The summed E-state index contributed by atoms with van der Waals surface area (Å²) in [7, 11) is 0. The number of hydrogen-bond donors (Lipinski definition) is 0. The summed E-state index contributed by atoms with van der Waals surface area (Å²) < 4.78 is 13.1. The second-order valence-electron chi connectivity index (χ2n) is 4.06. The molecule has 0 atom stereocenters. The average molecular weight is 189 g/mol. The Morgan fingerprint density at radius 3 is 2.50 bits per heavy atom. The van der Waals surface area contributed by atoms with Gasteiger partial charge in [0, 0.05) is 0 Å². The molecule has 0 saturated heterocycles. The van der Waals surface area contributed by atoms with Crippen molar-refractivity contribution in [2.45, 2.75) is 31.6 Å². The molecule has 0 aliphatic heterocycles. The molecule has 1 saturated carbocycles. The topological polar surface area (TPSA) is 23.8 Å². The Hall–Kier alpha value is -1.36. The average Bonchev–Trinajstić information content (AvgIpc) is 2.01. The van der Waals surface area contributed by atoms with Gasteiger partial charge >= 0.3 is 0 Å². The number of halogens is 1. The van der Waals surface area contributed by atoms with E-state index in [2.05, 4.69) is 6.07 Å². The SMILES string of the molecule is Cc1cc(F)cc(C2(C#N)CCC2)c1. The largest absolute Gasteiger partial charge is 0.207 e. The summed E-state index contributed by atoms with van der Waals surface area (Å²) in [5.74, 6) is -0.235. The maximum Gasteiger partial charge on any atom is 0.123 e. The van der Waals surface area contributed by atoms with Gasteiger partial charge in [-0.05, 0) is 49.4 Å². The smallest absolute Gasteiger partial charge is 0.123 e. The van der Waals surface area contributed by atoms with E-state index in [0.717, 1.165) is 30.4 Å². The van der Waals surface area contributed by atoms with Crippen molar-refractivity contribution in [3.63, 3.8) is 0 Å². The van der Waals surface area contributed by atoms with Gasteiger partial charge in [-0.15, -0.1) is 0 Å². The number of nitriles is 1. The van der Waals surface area contributed by atoms with E-state index in [1.54, 1.807) is 0 Å². The lowest BCUT2D eigenvalue weighted by atomic mass is 9.65. The Morgan fingerprint density at radius 1 is 1.36 bits per heavy atom. The highest BCUT2D eigenvalue weighted by Crippen LogP contribution is 2.43. The third-order valence-electron chi connectivity index (χ3n) is 3.02. The highest BCUT2D eigenvalue weighted by atomic mass is 19.1. The van der Waals surface area contributed by atoms with Gasteiger partial charge in [0.15, 0.2) is 0 Å². The van der Waals surface area contributed by atoms with Crippen molar-refractivity contribution in [3.8, 4) is 6.07 Å². The lowest BCUT2D eigenvalue weighted by molar-refractivity contribution is 0.323. The summed E-state index contributed by atoms with van der Waals surface area (Å²) in [6, 6.07) is 7.23. The van der Waals surface area contributed by atoms with Crippen LogP contribution in [0.1, 0.15) is 30.4 Å². The monoisotopic (exact) mass is 189 g/mol. The van der Waals surface area contributed by atoms with Crippen LogP contribution in [-0.4, -0.2) is 0 Å². The molecule has 0 unspecified atom stereocenters. The molecule has 0 bridgehead atoms. The fourth-order valence-electron chi connectivity index (χ4n) is 2.01. The summed E-state index contributed by atoms with van der Waals surface area (Å²) in [5, 5.41) is 9.10. The van der Waals surface area contributed by atoms with E-state index < -0.39 is 5.41 Å². The fraction of sp³-hybridized carbons (Fsp3) is 0.417. The standard InChI is InChI=1S/C12H12FN/c1-9-5-10(7-11(13)6-9)12(8-14)3-2-4-12/h5-7H,2-4H2,1H3. The molecule has 14 heavy (non-hydrogen) atoms. The van der Waals surface area contributed by atoms with E-state index in [-0.39, 0.29) is 5.82 Å². The summed E-state index contributed by atoms with van der Waals surface area (Å²) >= 11 is 0. The van der Waals surface area contributed by atoms with E-state index in [0.29, 0.717) is 0 Å². The van der Waals surface area contributed by atoms with Crippen molar-refractivity contribution < 1.29 is 4.39 Å². The van der Waals surface area contributed by atoms with Crippen LogP contribution in [0.3, 0.4) is 0 Å². The molecule has 1 aromatic carbocycles. The van der Waals surface area contributed by atoms with Crippen molar-refractivity contribution in [1.82, 2.24) is 0 Å². The van der Waals surface area contributed by atoms with Gasteiger partial charge in [0.25, 0.3) is 0 Å². The highest BCUT2D eigenvalue weighted by Gasteiger charge is 2.39. The van der Waals surface area contributed by atoms with Gasteiger partial charge in [0.1, 0.15) is 5.82 Å². The van der Waals surface area contributed by atoms with Crippen LogP contribution in [0.5, 0.6) is 0 Å². The first kappa shape index (κ1) is 9.21. The Morgan fingerprint density at radius 2 is 2.07 bits per heavy atom. The van der Waals surface area contributed by atoms with Crippen molar-refractivity contribution in [1.29, 1.82) is 5.26 Å². The third-order valence-corrected chi connectivity index (χ3v) is 3.02. The minimum Gasteiger partial charge on any atom is -0.207 e. The number of aryl methyl sites for hydroxylation is 1. The quantitative estimate of drug-likeness (QED) is 0.666. The molecule has 2 heteroatoms. The van der Waals surface area contributed by atoms with Crippen LogP contribution in [0.4, 0.5) is 4.39 Å². The molecule has 0 N–H and O–H groups in total. The summed E-state index contributed by atoms with van der Waals surface area (Å²) in [6.45, 7) is 1.86. The van der Waals surface area contributed by atoms with E-state index in [4.69, 9.17) is 5.26 Å². The summed E-state index contributed by atoms with van der Waals surface area (Å²) in [5.41, 5.74) is 1.35. The summed E-state index contributed by atoms with van der Waals surface area (Å²) in [4.78, 5) is 0. The number of nitrogens with zero attached hydrogens (tertiary/aromatic N) is 1. The van der Waals surface area contributed by atoms with E-state index in [1.165, 1.54) is 12.1 Å². The normalized spacial score (nSPS) is 18.4. The maximum atomic E-state index is 13.1. The Kier molecular flexibility index (Phi) is 2.03. The Labute approximate surface area is 83.2 Å². The molecule has 0 spiro atoms. The molecule has 1 aliphatic rings. The van der Waals surface area contributed by atoms with Crippen LogP contribution in [0, 0.1) is 24.1 Å². The molecular formula is C12H12FN. The van der Waals surface area contributed by atoms with Crippen LogP contribution in [0.2, 0.25) is 0 Å². The predicted molar refractivity (Wildman–Crippen MR) is 52.3 cm³/mol. The zero-order valence-electron chi connectivity index (χ0n) is 8.18. The van der Waals surface area contributed by atoms with E-state index in [1.807, 2.05) is 13.0 Å². The zero-order valence-corrected chi connectivity index (χ0v) is 8.18. The third kappa shape index (κ3) is 1.29. The van der Waals surface area contributed by atoms with Crippen molar-refractivity contribution in [2.75, 3.05) is 0 Å². The first-order valence-corrected chi connectivity index (χ1v) is 4.85. The molecule has 0 aromatic heterocycles. The van der Waals surface area contributed by atoms with E-state index in [9.17, 15) is 4.39 Å². The minimum atomic E-state index is -0.396. The Bertz CT molecular complexity index is 379. The second-order valence-corrected chi connectivity index (χ2v) is 4.06. The number of benzene rings is 1. The molecule has 1 aromatic rings. The van der Waals surface area contributed by atoms with Gasteiger partial charge in [-0.1, -0.05) is 6.07 Å². The van der Waals surface area contributed by atoms with Gasteiger partial charge in [0.05, 0.1) is 11.5 Å². The zero-order chi connectivity index (χ0) is 10.2. The van der Waals surface area contributed by atoms with Gasteiger partial charge in [0.2, 0.25) is 0 Å². The van der Waals surface area contributed by atoms with Crippen LogP contribution in [-0.2, 0) is 5.41 Å². The molecular weight excluding hydrogens is 177 g/mol. The van der Waals surface area contributed by atoms with Crippen molar-refractivity contribution in [3.05, 3.63) is 35.1 Å². The molecule has 1 aliphatic carbocycles. The lowest BCUT2D eigenvalue weighted by Gasteiger charge is -2.35. The van der Waals surface area contributed by atoms with Gasteiger partial charge in [-0.2, -0.15) is 5.26 Å². The number of rotatable bonds is 1. The minimum absolute atomic E-state index is 0.235. The molecule has 0 radical (unpaired) electrons. The number of hydrogen-bond acceptors (Lipinski definition) is 1. The molecule has 2 rings (SSSR count). The molecule has 1 nitrogen and oxygen atoms in total. The molecule has 1 fully saturated rings. The molecule has 0 amide bonds. The van der Waals surface area contributed by atoms with Gasteiger partial charge in [-0.25, -0.2) is 4.39 Å². The van der Waals surface area contributed by atoms with Crippen LogP contribution >= 0.6 is 0 Å². The van der Waals surface area contributed by atoms with E-state index >= 15 is 0 Å². The van der Waals surface area contributed by atoms with Gasteiger partial charge < -0.3 is 0 Å². The molecule has 0 heterocycles. The first-order valence-electron chi connectivity index (χ1n) is 4.85. The first-order chi connectivity index (χ1) is 6.66.